The van der Waals surface area contributed by atoms with Gasteiger partial charge in [0, 0.05) is 13.6 Å². The van der Waals surface area contributed by atoms with Crippen molar-refractivity contribution in [1.82, 2.24) is 10.2 Å². The van der Waals surface area contributed by atoms with Crippen molar-refractivity contribution in [2.75, 3.05) is 13.6 Å². The van der Waals surface area contributed by atoms with Crippen LogP contribution in [0.4, 0.5) is 8.78 Å². The van der Waals surface area contributed by atoms with Crippen LogP contribution in [0.3, 0.4) is 0 Å². The number of carbonyl (C=O) groups excluding carboxylic acids is 1. The highest BCUT2D eigenvalue weighted by Crippen LogP contribution is 2.16. The fourth-order valence-corrected chi connectivity index (χ4v) is 2.46. The van der Waals surface area contributed by atoms with E-state index in [4.69, 9.17) is 0 Å². The number of alkyl halides is 2. The SMILES string of the molecule is CN(Cc1ccc(OC(F)F)cc1)C(=O)C1CCCCN1.Cl. The van der Waals surface area contributed by atoms with Gasteiger partial charge in [-0.15, -0.1) is 12.4 Å². The second-order valence-corrected chi connectivity index (χ2v) is 5.22. The minimum atomic E-state index is -2.82. The molecule has 0 aliphatic carbocycles. The van der Waals surface area contributed by atoms with E-state index < -0.39 is 6.61 Å². The predicted molar refractivity (Wildman–Crippen MR) is 82.4 cm³/mol. The maximum atomic E-state index is 12.3. The van der Waals surface area contributed by atoms with Crippen LogP contribution in [0.15, 0.2) is 24.3 Å². The van der Waals surface area contributed by atoms with Crippen molar-refractivity contribution in [2.24, 2.45) is 0 Å². The number of amides is 1. The highest BCUT2D eigenvalue weighted by molar-refractivity contribution is 5.85. The number of hydrogen-bond donors (Lipinski definition) is 1. The number of carbonyl (C=O) groups is 1. The lowest BCUT2D eigenvalue weighted by molar-refractivity contribution is -0.133. The predicted octanol–water partition coefficient (Wildman–Crippen LogP) is 2.81. The summed E-state index contributed by atoms with van der Waals surface area (Å²) in [7, 11) is 1.75. The molecule has 1 saturated heterocycles. The van der Waals surface area contributed by atoms with Crippen LogP contribution in [-0.2, 0) is 11.3 Å². The van der Waals surface area contributed by atoms with Crippen LogP contribution >= 0.6 is 12.4 Å². The lowest BCUT2D eigenvalue weighted by Gasteiger charge is -2.27. The maximum Gasteiger partial charge on any atom is 0.387 e. The molecule has 2 rings (SSSR count). The number of nitrogens with zero attached hydrogens (tertiary/aromatic N) is 1. The van der Waals surface area contributed by atoms with E-state index in [-0.39, 0.29) is 30.1 Å². The molecule has 1 heterocycles. The van der Waals surface area contributed by atoms with Gasteiger partial charge in [-0.2, -0.15) is 8.78 Å². The van der Waals surface area contributed by atoms with Crippen LogP contribution in [0.25, 0.3) is 0 Å². The average molecular weight is 335 g/mol. The van der Waals surface area contributed by atoms with E-state index in [2.05, 4.69) is 10.1 Å². The zero-order valence-corrected chi connectivity index (χ0v) is 13.2. The molecule has 7 heteroatoms. The van der Waals surface area contributed by atoms with Gasteiger partial charge in [0.25, 0.3) is 0 Å². The summed E-state index contributed by atoms with van der Waals surface area (Å²) in [6, 6.07) is 6.24. The number of likely N-dealkylation sites (N-methyl/N-ethyl adjacent to an activating group) is 1. The first kappa shape index (κ1) is 18.6. The van der Waals surface area contributed by atoms with E-state index in [0.717, 1.165) is 31.4 Å². The topological polar surface area (TPSA) is 41.6 Å². The van der Waals surface area contributed by atoms with Gasteiger partial charge in [-0.05, 0) is 37.1 Å². The van der Waals surface area contributed by atoms with Gasteiger partial charge in [0.15, 0.2) is 0 Å². The van der Waals surface area contributed by atoms with Crippen molar-refractivity contribution in [3.8, 4) is 5.75 Å². The largest absolute Gasteiger partial charge is 0.435 e. The lowest BCUT2D eigenvalue weighted by Crippen LogP contribution is -2.46. The van der Waals surface area contributed by atoms with Gasteiger partial charge >= 0.3 is 6.61 Å². The molecule has 1 aliphatic heterocycles. The van der Waals surface area contributed by atoms with Gasteiger partial charge in [0.05, 0.1) is 6.04 Å². The minimum Gasteiger partial charge on any atom is -0.435 e. The summed E-state index contributed by atoms with van der Waals surface area (Å²) in [4.78, 5) is 13.9. The Hall–Kier alpha value is -1.40. The first-order valence-corrected chi connectivity index (χ1v) is 7.08. The molecule has 1 atom stereocenters. The smallest absolute Gasteiger partial charge is 0.387 e. The third-order valence-electron chi connectivity index (χ3n) is 3.55. The minimum absolute atomic E-state index is 0. The van der Waals surface area contributed by atoms with E-state index in [1.54, 1.807) is 24.1 Å². The summed E-state index contributed by atoms with van der Waals surface area (Å²) in [5.41, 5.74) is 0.878. The number of halogens is 3. The molecule has 4 nitrogen and oxygen atoms in total. The first-order chi connectivity index (χ1) is 10.1. The normalized spacial score (nSPS) is 17.7. The number of piperidine rings is 1. The second kappa shape index (κ2) is 8.90. The third kappa shape index (κ3) is 5.42. The van der Waals surface area contributed by atoms with Crippen molar-refractivity contribution in [1.29, 1.82) is 0 Å². The Labute approximate surface area is 135 Å². The Kier molecular flexibility index (Phi) is 7.55. The number of hydrogen-bond acceptors (Lipinski definition) is 3. The number of ether oxygens (including phenoxy) is 1. The summed E-state index contributed by atoms with van der Waals surface area (Å²) in [6.45, 7) is -1.49. The molecular formula is C15H21ClF2N2O2. The highest BCUT2D eigenvalue weighted by atomic mass is 35.5. The summed E-state index contributed by atoms with van der Waals surface area (Å²) in [6.07, 6.45) is 3.04. The highest BCUT2D eigenvalue weighted by Gasteiger charge is 2.23. The molecule has 1 N–H and O–H groups in total. The second-order valence-electron chi connectivity index (χ2n) is 5.22. The van der Waals surface area contributed by atoms with Gasteiger partial charge < -0.3 is 15.0 Å². The van der Waals surface area contributed by atoms with Gasteiger partial charge in [-0.3, -0.25) is 4.79 Å². The number of nitrogens with one attached hydrogen (secondary N) is 1. The van der Waals surface area contributed by atoms with Gasteiger partial charge in [0.2, 0.25) is 5.91 Å². The molecule has 1 unspecified atom stereocenters. The monoisotopic (exact) mass is 334 g/mol. The van der Waals surface area contributed by atoms with Crippen molar-refractivity contribution < 1.29 is 18.3 Å². The molecule has 0 bridgehead atoms. The van der Waals surface area contributed by atoms with E-state index in [0.29, 0.717) is 6.54 Å². The molecule has 0 spiro atoms. The van der Waals surface area contributed by atoms with Crippen molar-refractivity contribution >= 4 is 18.3 Å². The lowest BCUT2D eigenvalue weighted by atomic mass is 10.0. The van der Waals surface area contributed by atoms with Crippen molar-refractivity contribution in [2.45, 2.75) is 38.5 Å². The van der Waals surface area contributed by atoms with Crippen LogP contribution in [0.5, 0.6) is 5.75 Å². The molecule has 124 valence electrons. The van der Waals surface area contributed by atoms with E-state index in [1.807, 2.05) is 0 Å². The number of benzene rings is 1. The first-order valence-electron chi connectivity index (χ1n) is 7.08. The summed E-state index contributed by atoms with van der Waals surface area (Å²) in [5.74, 6) is 0.194. The zero-order chi connectivity index (χ0) is 15.2. The van der Waals surface area contributed by atoms with Crippen LogP contribution in [0.2, 0.25) is 0 Å². The van der Waals surface area contributed by atoms with Gasteiger partial charge in [-0.1, -0.05) is 18.6 Å². The van der Waals surface area contributed by atoms with Gasteiger partial charge in [-0.25, -0.2) is 0 Å². The molecule has 1 fully saturated rings. The molecule has 1 aliphatic rings. The standard InChI is InChI=1S/C15H20F2N2O2.ClH/c1-19(14(20)13-4-2-3-9-18-13)10-11-5-7-12(8-6-11)21-15(16)17;/h5-8,13,15,18H,2-4,9-10H2,1H3;1H. The molecule has 1 amide bonds. The Morgan fingerprint density at radius 3 is 2.59 bits per heavy atom. The van der Waals surface area contributed by atoms with Crippen molar-refractivity contribution in [3.05, 3.63) is 29.8 Å². The zero-order valence-electron chi connectivity index (χ0n) is 12.4. The quantitative estimate of drug-likeness (QED) is 0.900. The molecule has 1 aromatic rings. The van der Waals surface area contributed by atoms with Crippen LogP contribution in [0, 0.1) is 0 Å². The van der Waals surface area contributed by atoms with Crippen LogP contribution in [0.1, 0.15) is 24.8 Å². The van der Waals surface area contributed by atoms with Gasteiger partial charge in [0.1, 0.15) is 5.75 Å². The molecular weight excluding hydrogens is 314 g/mol. The Bertz CT molecular complexity index is 465. The summed E-state index contributed by atoms with van der Waals surface area (Å²) >= 11 is 0. The Morgan fingerprint density at radius 1 is 1.36 bits per heavy atom. The van der Waals surface area contributed by atoms with Crippen LogP contribution in [-0.4, -0.2) is 37.1 Å². The summed E-state index contributed by atoms with van der Waals surface area (Å²) in [5, 5.41) is 3.22. The molecule has 0 aromatic heterocycles. The molecule has 0 radical (unpaired) electrons. The van der Waals surface area contributed by atoms with Crippen LogP contribution < -0.4 is 10.1 Å². The fraction of sp³-hybridized carbons (Fsp3) is 0.533. The molecule has 22 heavy (non-hydrogen) atoms. The van der Waals surface area contributed by atoms with Crippen molar-refractivity contribution in [3.63, 3.8) is 0 Å². The third-order valence-corrected chi connectivity index (χ3v) is 3.55. The van der Waals surface area contributed by atoms with E-state index >= 15 is 0 Å². The Balaban J connectivity index is 0.00000242. The number of rotatable bonds is 5. The summed E-state index contributed by atoms with van der Waals surface area (Å²) < 4.78 is 28.4. The Morgan fingerprint density at radius 2 is 2.05 bits per heavy atom. The maximum absolute atomic E-state index is 12.3. The van der Waals surface area contributed by atoms with E-state index in [9.17, 15) is 13.6 Å². The molecule has 0 saturated carbocycles. The van der Waals surface area contributed by atoms with E-state index in [1.165, 1.54) is 12.1 Å². The average Bonchev–Trinajstić information content (AvgIpc) is 2.49. The fourth-order valence-electron chi connectivity index (χ4n) is 2.46. The molecule has 1 aromatic carbocycles.